The van der Waals surface area contributed by atoms with Crippen LogP contribution < -0.4 is 5.43 Å². The Bertz CT molecular complexity index is 339. The van der Waals surface area contributed by atoms with Crippen molar-refractivity contribution in [3.63, 3.8) is 0 Å². The van der Waals surface area contributed by atoms with E-state index in [4.69, 9.17) is 0 Å². The number of esters is 2. The lowest BCUT2D eigenvalue weighted by Crippen LogP contribution is -2.27. The molecule has 0 rings (SSSR count). The van der Waals surface area contributed by atoms with Gasteiger partial charge in [0, 0.05) is 0 Å². The maximum absolute atomic E-state index is 11.4. The molecule has 0 aromatic heterocycles. The molecule has 0 saturated carbocycles. The summed E-state index contributed by atoms with van der Waals surface area (Å²) in [5, 5.41) is 3.45. The average molecular weight is 260 g/mol. The number of hydrogen-bond acceptors (Lipinski definition) is 7. The number of amides is 1. The van der Waals surface area contributed by atoms with Gasteiger partial charge in [0.15, 0.2) is 5.71 Å². The zero-order valence-corrected chi connectivity index (χ0v) is 10.5. The van der Waals surface area contributed by atoms with E-state index in [0.717, 1.165) is 7.11 Å². The highest BCUT2D eigenvalue weighted by Gasteiger charge is 2.18. The molecule has 0 aromatic rings. The number of hydrogen-bond donors (Lipinski definition) is 1. The quantitative estimate of drug-likeness (QED) is 0.317. The van der Waals surface area contributed by atoms with Crippen LogP contribution in [0.5, 0.6) is 0 Å². The lowest BCUT2D eigenvalue weighted by atomic mass is 10.3. The third-order valence-electron chi connectivity index (χ3n) is 1.60. The summed E-state index contributed by atoms with van der Waals surface area (Å²) in [6, 6.07) is 0. The second-order valence-corrected chi connectivity index (χ2v) is 2.86. The lowest BCUT2D eigenvalue weighted by molar-refractivity contribution is -0.143. The Morgan fingerprint density at radius 1 is 1.11 bits per heavy atom. The third kappa shape index (κ3) is 6.46. The second kappa shape index (κ2) is 8.97. The van der Waals surface area contributed by atoms with Crippen LogP contribution in [0.4, 0.5) is 4.79 Å². The Morgan fingerprint density at radius 2 is 1.72 bits per heavy atom. The first-order valence-electron chi connectivity index (χ1n) is 5.28. The molecule has 8 heteroatoms. The SMILES string of the molecule is CCOC(=O)CC(=NNC(=O)OC)C(=O)OCC. The van der Waals surface area contributed by atoms with Gasteiger partial charge in [-0.1, -0.05) is 0 Å². The van der Waals surface area contributed by atoms with Crippen LogP contribution in [0.25, 0.3) is 0 Å². The largest absolute Gasteiger partial charge is 0.466 e. The van der Waals surface area contributed by atoms with Gasteiger partial charge in [0.2, 0.25) is 0 Å². The van der Waals surface area contributed by atoms with Gasteiger partial charge in [0.05, 0.1) is 26.7 Å². The van der Waals surface area contributed by atoms with E-state index >= 15 is 0 Å². The van der Waals surface area contributed by atoms with Gasteiger partial charge in [-0.15, -0.1) is 0 Å². The summed E-state index contributed by atoms with van der Waals surface area (Å²) in [5.74, 6) is -1.45. The lowest BCUT2D eigenvalue weighted by Gasteiger charge is -2.06. The number of nitrogens with one attached hydrogen (secondary N) is 1. The van der Waals surface area contributed by atoms with Crippen LogP contribution in [-0.4, -0.2) is 44.1 Å². The summed E-state index contributed by atoms with van der Waals surface area (Å²) in [6.45, 7) is 3.54. The van der Waals surface area contributed by atoms with Crippen molar-refractivity contribution in [1.82, 2.24) is 5.43 Å². The van der Waals surface area contributed by atoms with Gasteiger partial charge in [-0.3, -0.25) is 4.79 Å². The van der Waals surface area contributed by atoms with Crippen molar-refractivity contribution in [3.8, 4) is 0 Å². The summed E-state index contributed by atoms with van der Waals surface area (Å²) >= 11 is 0. The van der Waals surface area contributed by atoms with E-state index in [9.17, 15) is 14.4 Å². The Balaban J connectivity index is 4.65. The van der Waals surface area contributed by atoms with Crippen molar-refractivity contribution in [2.45, 2.75) is 20.3 Å². The normalized spacial score (nSPS) is 10.5. The number of carbonyl (C=O) groups is 3. The Labute approximate surface area is 104 Å². The Morgan fingerprint density at radius 3 is 2.22 bits per heavy atom. The number of ether oxygens (including phenoxy) is 3. The minimum atomic E-state index is -0.861. The molecule has 0 aliphatic rings. The number of rotatable bonds is 6. The topological polar surface area (TPSA) is 103 Å². The molecule has 0 radical (unpaired) electrons. The summed E-state index contributed by atoms with van der Waals surface area (Å²) in [7, 11) is 1.14. The summed E-state index contributed by atoms with van der Waals surface area (Å²) in [4.78, 5) is 33.5. The summed E-state index contributed by atoms with van der Waals surface area (Å²) in [6.07, 6.45) is -1.25. The van der Waals surface area contributed by atoms with E-state index < -0.39 is 24.5 Å². The van der Waals surface area contributed by atoms with E-state index in [1.165, 1.54) is 0 Å². The van der Waals surface area contributed by atoms with E-state index in [1.807, 2.05) is 5.43 Å². The molecule has 0 heterocycles. The Hall–Kier alpha value is -2.12. The van der Waals surface area contributed by atoms with Gasteiger partial charge in [0.1, 0.15) is 0 Å². The van der Waals surface area contributed by atoms with Gasteiger partial charge < -0.3 is 14.2 Å². The number of nitrogens with zero attached hydrogens (tertiary/aromatic N) is 1. The van der Waals surface area contributed by atoms with E-state index in [0.29, 0.717) is 0 Å². The molecule has 0 aliphatic carbocycles. The first-order valence-corrected chi connectivity index (χ1v) is 5.28. The zero-order valence-electron chi connectivity index (χ0n) is 10.5. The molecule has 0 bridgehead atoms. The molecule has 102 valence electrons. The van der Waals surface area contributed by atoms with Crippen LogP contribution in [0.2, 0.25) is 0 Å². The van der Waals surface area contributed by atoms with Gasteiger partial charge in [0.25, 0.3) is 0 Å². The molecule has 1 N–H and O–H groups in total. The third-order valence-corrected chi connectivity index (χ3v) is 1.60. The molecule has 1 amide bonds. The van der Waals surface area contributed by atoms with Crippen molar-refractivity contribution in [2.24, 2.45) is 5.10 Å². The highest BCUT2D eigenvalue weighted by atomic mass is 16.5. The van der Waals surface area contributed by atoms with Crippen molar-refractivity contribution < 1.29 is 28.6 Å². The molecule has 0 spiro atoms. The number of carbonyl (C=O) groups excluding carboxylic acids is 3. The van der Waals surface area contributed by atoms with Crippen molar-refractivity contribution >= 4 is 23.7 Å². The molecule has 0 aromatic carbocycles. The molecule has 18 heavy (non-hydrogen) atoms. The van der Waals surface area contributed by atoms with Crippen LogP contribution >= 0.6 is 0 Å². The van der Waals surface area contributed by atoms with Crippen molar-refractivity contribution in [3.05, 3.63) is 0 Å². The van der Waals surface area contributed by atoms with Gasteiger partial charge in [-0.2, -0.15) is 5.10 Å². The highest BCUT2D eigenvalue weighted by molar-refractivity contribution is 6.39. The standard InChI is InChI=1S/C10H16N2O6/c1-4-17-8(13)6-7(9(14)18-5-2)11-12-10(15)16-3/h4-6H2,1-3H3,(H,12,15). The first-order chi connectivity index (χ1) is 8.54. The summed E-state index contributed by atoms with van der Waals surface area (Å²) < 4.78 is 13.6. The molecule has 0 saturated heterocycles. The number of methoxy groups -OCH3 is 1. The molecular formula is C10H16N2O6. The predicted octanol–water partition coefficient (Wildman–Crippen LogP) is 0.215. The fourth-order valence-corrected chi connectivity index (χ4v) is 0.879. The van der Waals surface area contributed by atoms with Crippen molar-refractivity contribution in [2.75, 3.05) is 20.3 Å². The van der Waals surface area contributed by atoms with Crippen LogP contribution in [0.1, 0.15) is 20.3 Å². The Kier molecular flexibility index (Phi) is 7.91. The summed E-state index contributed by atoms with van der Waals surface area (Å²) in [5.41, 5.74) is 1.67. The first kappa shape index (κ1) is 15.9. The molecular weight excluding hydrogens is 244 g/mol. The van der Waals surface area contributed by atoms with Gasteiger partial charge >= 0.3 is 18.0 Å². The molecule has 0 atom stereocenters. The van der Waals surface area contributed by atoms with Crippen molar-refractivity contribution in [1.29, 1.82) is 0 Å². The molecule has 0 aliphatic heterocycles. The monoisotopic (exact) mass is 260 g/mol. The zero-order chi connectivity index (χ0) is 14.0. The maximum atomic E-state index is 11.4. The molecule has 8 nitrogen and oxygen atoms in total. The minimum Gasteiger partial charge on any atom is -0.466 e. The van der Waals surface area contributed by atoms with Crippen LogP contribution in [0, 0.1) is 0 Å². The predicted molar refractivity (Wildman–Crippen MR) is 60.9 cm³/mol. The molecule has 0 fully saturated rings. The highest BCUT2D eigenvalue weighted by Crippen LogP contribution is 1.95. The van der Waals surface area contributed by atoms with E-state index in [1.54, 1.807) is 13.8 Å². The minimum absolute atomic E-state index is 0.124. The fraction of sp³-hybridized carbons (Fsp3) is 0.600. The average Bonchev–Trinajstić information content (AvgIpc) is 2.34. The number of hydrazone groups is 1. The van der Waals surface area contributed by atoms with Crippen LogP contribution in [0.15, 0.2) is 5.10 Å². The van der Waals surface area contributed by atoms with E-state index in [-0.39, 0.29) is 18.9 Å². The molecule has 0 unspecified atom stereocenters. The van der Waals surface area contributed by atoms with Crippen LogP contribution in [0.3, 0.4) is 0 Å². The smallest absolute Gasteiger partial charge is 0.427 e. The van der Waals surface area contributed by atoms with Gasteiger partial charge in [-0.05, 0) is 13.8 Å². The van der Waals surface area contributed by atoms with E-state index in [2.05, 4.69) is 19.3 Å². The van der Waals surface area contributed by atoms with Crippen LogP contribution in [-0.2, 0) is 23.8 Å². The van der Waals surface area contributed by atoms with Gasteiger partial charge in [-0.25, -0.2) is 15.0 Å². The maximum Gasteiger partial charge on any atom is 0.427 e. The second-order valence-electron chi connectivity index (χ2n) is 2.86. The fourth-order valence-electron chi connectivity index (χ4n) is 0.879.